The van der Waals surface area contributed by atoms with Crippen molar-refractivity contribution >= 4 is 5.97 Å². The van der Waals surface area contributed by atoms with Crippen LogP contribution in [0.1, 0.15) is 19.0 Å². The summed E-state index contributed by atoms with van der Waals surface area (Å²) in [5, 5.41) is 18.1. The zero-order valence-corrected chi connectivity index (χ0v) is 6.74. The van der Waals surface area contributed by atoms with Gasteiger partial charge in [0.25, 0.3) is 0 Å². The molecule has 0 spiro atoms. The largest absolute Gasteiger partial charge is 0.481 e. The molecule has 0 saturated heterocycles. The highest BCUT2D eigenvalue weighted by molar-refractivity contribution is 5.68. The summed E-state index contributed by atoms with van der Waals surface area (Å²) in [7, 11) is 0. The van der Waals surface area contributed by atoms with E-state index in [1.165, 1.54) is 6.92 Å². The molecule has 3 N–H and O–H groups in total. The summed E-state index contributed by atoms with van der Waals surface area (Å²) in [4.78, 5) is 13.1. The van der Waals surface area contributed by atoms with Crippen LogP contribution in [0.2, 0.25) is 0 Å². The maximum atomic E-state index is 10.3. The van der Waals surface area contributed by atoms with Gasteiger partial charge >= 0.3 is 5.97 Å². The van der Waals surface area contributed by atoms with Crippen LogP contribution in [0.25, 0.3) is 0 Å². The van der Waals surface area contributed by atoms with Crippen LogP contribution < -0.4 is 0 Å². The van der Waals surface area contributed by atoms with Gasteiger partial charge in [0.15, 0.2) is 0 Å². The van der Waals surface area contributed by atoms with Crippen molar-refractivity contribution in [2.45, 2.75) is 18.9 Å². The van der Waals surface area contributed by atoms with E-state index in [-0.39, 0.29) is 6.42 Å². The predicted molar refractivity (Wildman–Crippen MR) is 42.6 cm³/mol. The van der Waals surface area contributed by atoms with Crippen molar-refractivity contribution in [2.24, 2.45) is 0 Å². The summed E-state index contributed by atoms with van der Waals surface area (Å²) in [6.07, 6.45) is 1.35. The topological polar surface area (TPSA) is 73.3 Å². The number of carboxylic acids is 1. The molecule has 1 unspecified atom stereocenters. The Morgan fingerprint density at radius 2 is 2.42 bits per heavy atom. The second-order valence-electron chi connectivity index (χ2n) is 2.93. The standard InChI is InChI=1S/C8H11NO3/c1-8(12,5-7(10)11)6-3-2-4-9-6/h2-4,9,12H,5H2,1H3,(H,10,11). The predicted octanol–water partition coefficient (Wildman–Crippen LogP) is 0.697. The molecule has 0 aliphatic carbocycles. The van der Waals surface area contributed by atoms with E-state index in [2.05, 4.69) is 4.98 Å². The second kappa shape index (κ2) is 2.98. The van der Waals surface area contributed by atoms with Crippen molar-refractivity contribution in [3.63, 3.8) is 0 Å². The van der Waals surface area contributed by atoms with E-state index < -0.39 is 11.6 Å². The maximum Gasteiger partial charge on any atom is 0.306 e. The van der Waals surface area contributed by atoms with Gasteiger partial charge in [-0.1, -0.05) is 0 Å². The zero-order valence-electron chi connectivity index (χ0n) is 6.74. The van der Waals surface area contributed by atoms with E-state index >= 15 is 0 Å². The molecule has 0 amide bonds. The molecular weight excluding hydrogens is 158 g/mol. The Labute approximate surface area is 69.9 Å². The van der Waals surface area contributed by atoms with Crippen LogP contribution >= 0.6 is 0 Å². The third-order valence-corrected chi connectivity index (χ3v) is 1.67. The second-order valence-corrected chi connectivity index (χ2v) is 2.93. The summed E-state index contributed by atoms with van der Waals surface area (Å²) in [5.74, 6) is -1.02. The molecule has 0 aromatic carbocycles. The Morgan fingerprint density at radius 1 is 1.75 bits per heavy atom. The number of aliphatic hydroxyl groups is 1. The molecule has 4 nitrogen and oxygen atoms in total. The Kier molecular flexibility index (Phi) is 2.19. The van der Waals surface area contributed by atoms with Gasteiger partial charge in [0, 0.05) is 11.9 Å². The van der Waals surface area contributed by atoms with Crippen molar-refractivity contribution in [1.29, 1.82) is 0 Å². The van der Waals surface area contributed by atoms with Gasteiger partial charge in [0.05, 0.1) is 6.42 Å². The SMILES string of the molecule is CC(O)(CC(=O)O)c1ccc[nH]1. The number of rotatable bonds is 3. The molecule has 12 heavy (non-hydrogen) atoms. The highest BCUT2D eigenvalue weighted by atomic mass is 16.4. The van der Waals surface area contributed by atoms with Gasteiger partial charge in [-0.05, 0) is 19.1 Å². The molecule has 0 aliphatic heterocycles. The molecule has 1 aromatic rings. The smallest absolute Gasteiger partial charge is 0.306 e. The van der Waals surface area contributed by atoms with Gasteiger partial charge < -0.3 is 15.2 Å². The monoisotopic (exact) mass is 169 g/mol. The number of aliphatic carboxylic acids is 1. The summed E-state index contributed by atoms with van der Waals surface area (Å²) in [6.45, 7) is 1.47. The fraction of sp³-hybridized carbons (Fsp3) is 0.375. The third kappa shape index (κ3) is 1.85. The molecule has 1 aromatic heterocycles. The summed E-state index contributed by atoms with van der Waals surface area (Å²) >= 11 is 0. The number of carbonyl (C=O) groups is 1. The number of hydrogen-bond acceptors (Lipinski definition) is 2. The molecular formula is C8H11NO3. The Bertz CT molecular complexity index is 264. The van der Waals surface area contributed by atoms with E-state index in [1.807, 2.05) is 0 Å². The molecule has 4 heteroatoms. The van der Waals surface area contributed by atoms with Crippen LogP contribution in [0, 0.1) is 0 Å². The first-order valence-electron chi connectivity index (χ1n) is 3.60. The Balaban J connectivity index is 2.79. The fourth-order valence-corrected chi connectivity index (χ4v) is 1.06. The van der Waals surface area contributed by atoms with Crippen LogP contribution in [-0.4, -0.2) is 21.2 Å². The molecule has 1 heterocycles. The van der Waals surface area contributed by atoms with Crippen LogP contribution in [0.15, 0.2) is 18.3 Å². The molecule has 0 saturated carbocycles. The quantitative estimate of drug-likeness (QED) is 0.623. The number of aromatic nitrogens is 1. The van der Waals surface area contributed by atoms with Crippen molar-refractivity contribution in [3.05, 3.63) is 24.0 Å². The van der Waals surface area contributed by atoms with Gasteiger partial charge in [-0.15, -0.1) is 0 Å². The lowest BCUT2D eigenvalue weighted by molar-refractivity contribution is -0.142. The lowest BCUT2D eigenvalue weighted by atomic mass is 9.99. The van der Waals surface area contributed by atoms with Gasteiger partial charge in [-0.25, -0.2) is 0 Å². The van der Waals surface area contributed by atoms with Crippen LogP contribution in [0.5, 0.6) is 0 Å². The number of aromatic amines is 1. The number of H-pyrrole nitrogens is 1. The summed E-state index contributed by atoms with van der Waals surface area (Å²) < 4.78 is 0. The van der Waals surface area contributed by atoms with Crippen LogP contribution in [0.3, 0.4) is 0 Å². The van der Waals surface area contributed by atoms with Gasteiger partial charge in [-0.3, -0.25) is 4.79 Å². The molecule has 1 atom stereocenters. The highest BCUT2D eigenvalue weighted by Gasteiger charge is 2.26. The average molecular weight is 169 g/mol. The third-order valence-electron chi connectivity index (χ3n) is 1.67. The Hall–Kier alpha value is -1.29. The summed E-state index contributed by atoms with van der Waals surface area (Å²) in [6, 6.07) is 3.37. The molecule has 0 aliphatic rings. The molecule has 66 valence electrons. The van der Waals surface area contributed by atoms with E-state index in [0.717, 1.165) is 0 Å². The maximum absolute atomic E-state index is 10.3. The number of nitrogens with one attached hydrogen (secondary N) is 1. The van der Waals surface area contributed by atoms with Gasteiger partial charge in [0.1, 0.15) is 5.60 Å². The van der Waals surface area contributed by atoms with Gasteiger partial charge in [0.2, 0.25) is 0 Å². The first kappa shape index (κ1) is 8.80. The van der Waals surface area contributed by atoms with Crippen molar-refractivity contribution in [1.82, 2.24) is 4.98 Å². The first-order chi connectivity index (χ1) is 5.52. The summed E-state index contributed by atoms with van der Waals surface area (Å²) in [5.41, 5.74) is -0.792. The van der Waals surface area contributed by atoms with E-state index in [9.17, 15) is 9.90 Å². The van der Waals surface area contributed by atoms with E-state index in [1.54, 1.807) is 18.3 Å². The highest BCUT2D eigenvalue weighted by Crippen LogP contribution is 2.21. The van der Waals surface area contributed by atoms with E-state index in [4.69, 9.17) is 5.11 Å². The molecule has 0 fully saturated rings. The molecule has 0 bridgehead atoms. The normalized spacial score (nSPS) is 15.5. The average Bonchev–Trinajstić information content (AvgIpc) is 2.32. The lowest BCUT2D eigenvalue weighted by Gasteiger charge is -2.19. The van der Waals surface area contributed by atoms with Gasteiger partial charge in [-0.2, -0.15) is 0 Å². The minimum atomic E-state index is -1.31. The van der Waals surface area contributed by atoms with E-state index in [0.29, 0.717) is 5.69 Å². The van der Waals surface area contributed by atoms with Crippen LogP contribution in [0.4, 0.5) is 0 Å². The minimum absolute atomic E-state index is 0.298. The zero-order chi connectivity index (χ0) is 9.19. The van der Waals surface area contributed by atoms with Crippen molar-refractivity contribution in [3.8, 4) is 0 Å². The van der Waals surface area contributed by atoms with Crippen molar-refractivity contribution < 1.29 is 15.0 Å². The number of hydrogen-bond donors (Lipinski definition) is 3. The molecule has 0 radical (unpaired) electrons. The number of carboxylic acid groups (broad SMARTS) is 1. The lowest BCUT2D eigenvalue weighted by Crippen LogP contribution is -2.25. The van der Waals surface area contributed by atoms with Crippen molar-refractivity contribution in [2.75, 3.05) is 0 Å². The van der Waals surface area contributed by atoms with Crippen LogP contribution in [-0.2, 0) is 10.4 Å². The minimum Gasteiger partial charge on any atom is -0.481 e. The first-order valence-corrected chi connectivity index (χ1v) is 3.60. The fourth-order valence-electron chi connectivity index (χ4n) is 1.06. The molecule has 1 rings (SSSR count). The Morgan fingerprint density at radius 3 is 2.83 bits per heavy atom.